The van der Waals surface area contributed by atoms with Crippen molar-refractivity contribution >= 4 is 48.9 Å². The summed E-state index contributed by atoms with van der Waals surface area (Å²) in [5.74, 6) is 0. The van der Waals surface area contributed by atoms with E-state index in [9.17, 15) is 8.42 Å². The van der Waals surface area contributed by atoms with Crippen LogP contribution in [0.3, 0.4) is 0 Å². The third-order valence-electron chi connectivity index (χ3n) is 6.76. The van der Waals surface area contributed by atoms with Crippen LogP contribution in [0.5, 0.6) is 0 Å². The maximum absolute atomic E-state index is 14.0. The Hall–Kier alpha value is -3.67. The molecule has 0 bridgehead atoms. The Morgan fingerprint density at radius 3 is 2.00 bits per heavy atom. The standard InChI is InChI=1S/C30H23ClN2O2S/c1-20-10-16-25(17-11-20)36(34,35)33-29(19-28(32-33)21-12-14-24(31)15-13-21)30-26-8-4-2-6-22(26)18-23-7-3-5-9-27(23)30/h2-18,29H,19H2,1H3. The molecule has 1 aliphatic heterocycles. The molecule has 36 heavy (non-hydrogen) atoms. The summed E-state index contributed by atoms with van der Waals surface area (Å²) >= 11 is 6.12. The summed E-state index contributed by atoms with van der Waals surface area (Å²) in [6.07, 6.45) is 0.449. The van der Waals surface area contributed by atoms with E-state index in [2.05, 4.69) is 30.3 Å². The van der Waals surface area contributed by atoms with Crippen molar-refractivity contribution in [2.45, 2.75) is 24.3 Å². The first kappa shape index (κ1) is 22.8. The molecule has 5 aromatic carbocycles. The van der Waals surface area contributed by atoms with E-state index >= 15 is 0 Å². The number of nitrogens with zero attached hydrogens (tertiary/aromatic N) is 2. The van der Waals surface area contributed by atoms with Crippen LogP contribution < -0.4 is 0 Å². The zero-order valence-electron chi connectivity index (χ0n) is 19.6. The Morgan fingerprint density at radius 2 is 1.39 bits per heavy atom. The first-order valence-electron chi connectivity index (χ1n) is 11.8. The van der Waals surface area contributed by atoms with Crippen molar-refractivity contribution in [1.29, 1.82) is 0 Å². The van der Waals surface area contributed by atoms with Gasteiger partial charge in [-0.25, -0.2) is 0 Å². The van der Waals surface area contributed by atoms with Crippen molar-refractivity contribution in [3.63, 3.8) is 0 Å². The molecule has 5 aromatic rings. The third-order valence-corrected chi connectivity index (χ3v) is 8.71. The van der Waals surface area contributed by atoms with Crippen molar-refractivity contribution in [1.82, 2.24) is 4.41 Å². The Balaban J connectivity index is 1.60. The van der Waals surface area contributed by atoms with Gasteiger partial charge in [0, 0.05) is 11.4 Å². The lowest BCUT2D eigenvalue weighted by Gasteiger charge is -2.26. The lowest BCUT2D eigenvalue weighted by molar-refractivity contribution is 0.375. The van der Waals surface area contributed by atoms with Gasteiger partial charge >= 0.3 is 0 Å². The Morgan fingerprint density at radius 1 is 0.806 bits per heavy atom. The number of rotatable bonds is 4. The zero-order valence-corrected chi connectivity index (χ0v) is 21.2. The smallest absolute Gasteiger partial charge is 0.200 e. The minimum atomic E-state index is -3.92. The van der Waals surface area contributed by atoms with E-state index < -0.39 is 16.1 Å². The molecule has 0 radical (unpaired) electrons. The number of sulfonamides is 1. The summed E-state index contributed by atoms with van der Waals surface area (Å²) in [5.41, 5.74) is 3.53. The van der Waals surface area contributed by atoms with Gasteiger partial charge in [-0.05, 0) is 69.9 Å². The summed E-state index contributed by atoms with van der Waals surface area (Å²) < 4.78 is 29.4. The highest BCUT2D eigenvalue weighted by Crippen LogP contribution is 2.43. The van der Waals surface area contributed by atoms with Crippen LogP contribution in [0.15, 0.2) is 113 Å². The van der Waals surface area contributed by atoms with Crippen molar-refractivity contribution in [3.05, 3.63) is 125 Å². The van der Waals surface area contributed by atoms with Crippen LogP contribution in [-0.2, 0) is 10.0 Å². The predicted molar refractivity (Wildman–Crippen MR) is 147 cm³/mol. The minimum Gasteiger partial charge on any atom is -0.200 e. The van der Waals surface area contributed by atoms with Crippen molar-refractivity contribution in [3.8, 4) is 0 Å². The van der Waals surface area contributed by atoms with E-state index in [0.717, 1.165) is 38.2 Å². The Kier molecular flexibility index (Phi) is 5.55. The highest BCUT2D eigenvalue weighted by molar-refractivity contribution is 7.89. The van der Waals surface area contributed by atoms with E-state index in [1.54, 1.807) is 24.3 Å². The number of fused-ring (bicyclic) bond motifs is 2. The molecular formula is C30H23ClN2O2S. The van der Waals surface area contributed by atoms with Gasteiger partial charge in [0.25, 0.3) is 10.0 Å². The van der Waals surface area contributed by atoms with E-state index in [-0.39, 0.29) is 4.90 Å². The molecule has 6 heteroatoms. The second-order valence-electron chi connectivity index (χ2n) is 9.10. The van der Waals surface area contributed by atoms with Crippen molar-refractivity contribution in [2.75, 3.05) is 0 Å². The average molecular weight is 511 g/mol. The number of halogens is 1. The number of benzene rings is 5. The molecule has 4 nitrogen and oxygen atoms in total. The first-order valence-corrected chi connectivity index (χ1v) is 13.6. The lowest BCUT2D eigenvalue weighted by Crippen LogP contribution is -2.27. The molecular weight excluding hydrogens is 488 g/mol. The van der Waals surface area contributed by atoms with Gasteiger partial charge in [0.2, 0.25) is 0 Å². The Labute approximate surface area is 215 Å². The molecule has 6 rings (SSSR count). The highest BCUT2D eigenvalue weighted by atomic mass is 35.5. The topological polar surface area (TPSA) is 49.7 Å². The maximum Gasteiger partial charge on any atom is 0.279 e. The van der Waals surface area contributed by atoms with Crippen LogP contribution in [0.2, 0.25) is 5.02 Å². The normalized spacial score (nSPS) is 16.0. The van der Waals surface area contributed by atoms with E-state index in [1.165, 1.54) is 4.41 Å². The van der Waals surface area contributed by atoms with Crippen LogP contribution in [0.1, 0.15) is 29.2 Å². The molecule has 0 aliphatic carbocycles. The van der Waals surface area contributed by atoms with Crippen molar-refractivity contribution in [2.24, 2.45) is 5.10 Å². The van der Waals surface area contributed by atoms with Gasteiger partial charge < -0.3 is 0 Å². The fourth-order valence-electron chi connectivity index (χ4n) is 4.97. The highest BCUT2D eigenvalue weighted by Gasteiger charge is 2.39. The number of hydrogen-bond donors (Lipinski definition) is 0. The molecule has 0 N–H and O–H groups in total. The molecule has 1 aliphatic rings. The van der Waals surface area contributed by atoms with Gasteiger partial charge in [0.15, 0.2) is 0 Å². The quantitative estimate of drug-likeness (QED) is 0.235. The van der Waals surface area contributed by atoms with Gasteiger partial charge in [-0.1, -0.05) is 90.0 Å². The fourth-order valence-corrected chi connectivity index (χ4v) is 6.51. The first-order chi connectivity index (χ1) is 17.4. The van der Waals surface area contributed by atoms with Crippen LogP contribution >= 0.6 is 11.6 Å². The monoisotopic (exact) mass is 510 g/mol. The summed E-state index contributed by atoms with van der Waals surface area (Å²) in [4.78, 5) is 0.226. The molecule has 1 unspecified atom stereocenters. The molecule has 0 saturated heterocycles. The molecule has 1 atom stereocenters. The van der Waals surface area contributed by atoms with E-state index in [1.807, 2.05) is 55.5 Å². The second-order valence-corrected chi connectivity index (χ2v) is 11.3. The molecule has 0 spiro atoms. The summed E-state index contributed by atoms with van der Waals surface area (Å²) in [5, 5.41) is 9.56. The third kappa shape index (κ3) is 3.85. The molecule has 0 amide bonds. The molecule has 1 heterocycles. The van der Waals surface area contributed by atoms with E-state index in [4.69, 9.17) is 16.7 Å². The second kappa shape index (κ2) is 8.77. The molecule has 0 saturated carbocycles. The van der Waals surface area contributed by atoms with Crippen LogP contribution in [0.4, 0.5) is 0 Å². The van der Waals surface area contributed by atoms with Crippen LogP contribution in [-0.4, -0.2) is 18.5 Å². The predicted octanol–water partition coefficient (Wildman–Crippen LogP) is 7.49. The fraction of sp³-hybridized carbons (Fsp3) is 0.100. The SMILES string of the molecule is Cc1ccc(S(=O)(=O)N2N=C(c3ccc(Cl)cc3)CC2c2c3ccccc3cc3ccccc23)cc1. The molecule has 0 fully saturated rings. The van der Waals surface area contributed by atoms with E-state index in [0.29, 0.717) is 17.2 Å². The zero-order chi connectivity index (χ0) is 24.9. The maximum atomic E-state index is 14.0. The van der Waals surface area contributed by atoms with Gasteiger partial charge in [0.1, 0.15) is 0 Å². The van der Waals surface area contributed by atoms with Crippen LogP contribution in [0.25, 0.3) is 21.5 Å². The van der Waals surface area contributed by atoms with Gasteiger partial charge in [-0.2, -0.15) is 17.9 Å². The Bertz CT molecular complexity index is 1690. The van der Waals surface area contributed by atoms with Gasteiger partial charge in [-0.15, -0.1) is 0 Å². The summed E-state index contributed by atoms with van der Waals surface area (Å²) in [7, 11) is -3.92. The largest absolute Gasteiger partial charge is 0.279 e. The summed E-state index contributed by atoms with van der Waals surface area (Å²) in [6.45, 7) is 1.94. The molecule has 178 valence electrons. The van der Waals surface area contributed by atoms with Crippen molar-refractivity contribution < 1.29 is 8.42 Å². The average Bonchev–Trinajstić information content (AvgIpc) is 3.34. The lowest BCUT2D eigenvalue weighted by atomic mass is 9.90. The number of hydrogen-bond acceptors (Lipinski definition) is 3. The van der Waals surface area contributed by atoms with Gasteiger partial charge in [-0.3, -0.25) is 0 Å². The summed E-state index contributed by atoms with van der Waals surface area (Å²) in [6, 6.07) is 32.2. The minimum absolute atomic E-state index is 0.226. The van der Waals surface area contributed by atoms with Crippen LogP contribution in [0, 0.1) is 6.92 Å². The number of hydrazone groups is 1. The molecule has 0 aromatic heterocycles. The number of aryl methyl sites for hydroxylation is 1. The van der Waals surface area contributed by atoms with Gasteiger partial charge in [0.05, 0.1) is 16.6 Å².